The Kier molecular flexibility index (Phi) is 3.96. The second kappa shape index (κ2) is 5.66. The summed E-state index contributed by atoms with van der Waals surface area (Å²) < 4.78 is 26.9. The van der Waals surface area contributed by atoms with Gasteiger partial charge in [0.1, 0.15) is 5.82 Å². The highest BCUT2D eigenvalue weighted by atomic mass is 32.2. The van der Waals surface area contributed by atoms with E-state index >= 15 is 0 Å². The highest BCUT2D eigenvalue weighted by Crippen LogP contribution is 2.20. The van der Waals surface area contributed by atoms with Gasteiger partial charge in [-0.15, -0.1) is 0 Å². The van der Waals surface area contributed by atoms with Gasteiger partial charge in [-0.3, -0.25) is 4.72 Å². The van der Waals surface area contributed by atoms with Crippen LogP contribution in [-0.2, 0) is 10.0 Å². The van der Waals surface area contributed by atoms with Gasteiger partial charge in [0.05, 0.1) is 5.69 Å². The molecule has 2 rings (SSSR count). The fourth-order valence-corrected chi connectivity index (χ4v) is 2.66. The number of aromatic nitrogens is 2. The molecule has 0 fully saturated rings. The third-order valence-corrected chi connectivity index (χ3v) is 3.61. The highest BCUT2D eigenvalue weighted by Gasteiger charge is 2.20. The van der Waals surface area contributed by atoms with E-state index in [-0.39, 0.29) is 10.8 Å². The van der Waals surface area contributed by atoms with E-state index in [1.54, 1.807) is 30.3 Å². The third-order valence-electron chi connectivity index (χ3n) is 2.30. The summed E-state index contributed by atoms with van der Waals surface area (Å²) >= 11 is 0. The molecule has 0 amide bonds. The molecule has 19 heavy (non-hydrogen) atoms. The van der Waals surface area contributed by atoms with Crippen molar-refractivity contribution < 1.29 is 8.42 Å². The zero-order valence-corrected chi connectivity index (χ0v) is 11.2. The fraction of sp³-hybridized carbons (Fsp3) is 0.167. The minimum absolute atomic E-state index is 0.0393. The third kappa shape index (κ3) is 3.19. The van der Waals surface area contributed by atoms with Crippen LogP contribution in [0.1, 0.15) is 6.92 Å². The largest absolute Gasteiger partial charge is 0.383 e. The summed E-state index contributed by atoms with van der Waals surface area (Å²) in [5.74, 6) is 0.260. The van der Waals surface area contributed by atoms with Gasteiger partial charge in [-0.25, -0.2) is 9.97 Å². The molecule has 0 aliphatic carbocycles. The van der Waals surface area contributed by atoms with Gasteiger partial charge in [-0.2, -0.15) is 8.42 Å². The molecule has 100 valence electrons. The van der Waals surface area contributed by atoms with E-state index in [9.17, 15) is 8.42 Å². The number of nitrogens with zero attached hydrogens (tertiary/aromatic N) is 2. The maximum Gasteiger partial charge on any atom is 0.282 e. The summed E-state index contributed by atoms with van der Waals surface area (Å²) in [5, 5.41) is 2.93. The number of rotatable bonds is 5. The van der Waals surface area contributed by atoms with Crippen LogP contribution in [0, 0.1) is 0 Å². The number of anilines is 2. The molecule has 6 nitrogen and oxygen atoms in total. The van der Waals surface area contributed by atoms with Gasteiger partial charge in [-0.05, 0) is 31.2 Å². The molecule has 2 N–H and O–H groups in total. The molecule has 2 heterocycles. The Hall–Kier alpha value is -2.15. The van der Waals surface area contributed by atoms with E-state index < -0.39 is 10.0 Å². The zero-order chi connectivity index (χ0) is 13.7. The number of nitrogens with one attached hydrogen (secondary N) is 2. The van der Waals surface area contributed by atoms with Crippen LogP contribution < -0.4 is 10.0 Å². The summed E-state index contributed by atoms with van der Waals surface area (Å²) in [6, 6.07) is 8.34. The van der Waals surface area contributed by atoms with Gasteiger partial charge in [0.25, 0.3) is 10.0 Å². The summed E-state index contributed by atoms with van der Waals surface area (Å²) in [7, 11) is -3.75. The maximum absolute atomic E-state index is 12.2. The lowest BCUT2D eigenvalue weighted by Gasteiger charge is -2.11. The lowest BCUT2D eigenvalue weighted by atomic mass is 10.4. The van der Waals surface area contributed by atoms with Crippen molar-refractivity contribution in [1.29, 1.82) is 0 Å². The van der Waals surface area contributed by atoms with Gasteiger partial charge >= 0.3 is 0 Å². The average molecular weight is 278 g/mol. The topological polar surface area (TPSA) is 84.0 Å². The van der Waals surface area contributed by atoms with E-state index in [0.29, 0.717) is 12.2 Å². The molecular formula is C12H14N4O2S. The molecule has 0 aliphatic heterocycles. The molecule has 0 spiro atoms. The summed E-state index contributed by atoms with van der Waals surface area (Å²) in [6.07, 6.45) is 2.95. The molecular weight excluding hydrogens is 264 g/mol. The molecule has 0 atom stereocenters. The van der Waals surface area contributed by atoms with Crippen LogP contribution in [0.2, 0.25) is 0 Å². The van der Waals surface area contributed by atoms with Crippen molar-refractivity contribution in [1.82, 2.24) is 9.97 Å². The van der Waals surface area contributed by atoms with Gasteiger partial charge in [0.2, 0.25) is 0 Å². The van der Waals surface area contributed by atoms with Gasteiger partial charge in [0.15, 0.2) is 5.03 Å². The van der Waals surface area contributed by atoms with Gasteiger partial charge in [-0.1, -0.05) is 6.07 Å². The minimum Gasteiger partial charge on any atom is -0.383 e. The lowest BCUT2D eigenvalue weighted by Crippen LogP contribution is -2.17. The fourth-order valence-electron chi connectivity index (χ4n) is 1.54. The van der Waals surface area contributed by atoms with Crippen molar-refractivity contribution >= 4 is 21.5 Å². The Balaban J connectivity index is 2.35. The van der Waals surface area contributed by atoms with Crippen molar-refractivity contribution in [3.63, 3.8) is 0 Å². The SMILES string of the molecule is CCNc1cccnc1S(=O)(=O)Nc1ccccn1. The second-order valence-electron chi connectivity index (χ2n) is 3.71. The van der Waals surface area contributed by atoms with Crippen LogP contribution in [0.5, 0.6) is 0 Å². The first-order valence-electron chi connectivity index (χ1n) is 5.76. The molecule has 2 aromatic rings. The number of sulfonamides is 1. The predicted octanol–water partition coefficient (Wildman–Crippen LogP) is 1.71. The van der Waals surface area contributed by atoms with Crippen molar-refractivity contribution in [3.8, 4) is 0 Å². The molecule has 0 saturated heterocycles. The summed E-state index contributed by atoms with van der Waals surface area (Å²) in [4.78, 5) is 7.85. The lowest BCUT2D eigenvalue weighted by molar-refractivity contribution is 0.598. The quantitative estimate of drug-likeness (QED) is 0.869. The Morgan fingerprint density at radius 1 is 1.11 bits per heavy atom. The maximum atomic E-state index is 12.2. The first kappa shape index (κ1) is 13.3. The average Bonchev–Trinajstić information content (AvgIpc) is 2.40. The molecule has 0 radical (unpaired) electrons. The smallest absolute Gasteiger partial charge is 0.282 e. The number of hydrogen-bond donors (Lipinski definition) is 2. The summed E-state index contributed by atoms with van der Waals surface area (Å²) in [6.45, 7) is 2.49. The first-order valence-corrected chi connectivity index (χ1v) is 7.24. The van der Waals surface area contributed by atoms with Crippen molar-refractivity contribution in [2.45, 2.75) is 11.9 Å². The van der Waals surface area contributed by atoms with Gasteiger partial charge in [0, 0.05) is 18.9 Å². The summed E-state index contributed by atoms with van der Waals surface area (Å²) in [5.41, 5.74) is 0.466. The molecule has 0 aliphatic rings. The van der Waals surface area contributed by atoms with Gasteiger partial charge < -0.3 is 5.32 Å². The van der Waals surface area contributed by atoms with Crippen LogP contribution in [0.15, 0.2) is 47.8 Å². The Labute approximate surface area is 112 Å². The zero-order valence-electron chi connectivity index (χ0n) is 10.4. The van der Waals surface area contributed by atoms with Crippen LogP contribution in [0.4, 0.5) is 11.5 Å². The van der Waals surface area contributed by atoms with Crippen LogP contribution in [-0.4, -0.2) is 24.9 Å². The molecule has 0 unspecified atom stereocenters. The van der Waals surface area contributed by atoms with E-state index in [1.165, 1.54) is 12.4 Å². The molecule has 0 bridgehead atoms. The number of hydrogen-bond acceptors (Lipinski definition) is 5. The normalized spacial score (nSPS) is 11.0. The molecule has 7 heteroatoms. The molecule has 2 aromatic heterocycles. The van der Waals surface area contributed by atoms with Crippen molar-refractivity contribution in [2.75, 3.05) is 16.6 Å². The van der Waals surface area contributed by atoms with Crippen molar-refractivity contribution in [2.24, 2.45) is 0 Å². The second-order valence-corrected chi connectivity index (χ2v) is 5.30. The first-order chi connectivity index (χ1) is 9.13. The highest BCUT2D eigenvalue weighted by molar-refractivity contribution is 7.92. The van der Waals surface area contributed by atoms with E-state index in [0.717, 1.165) is 0 Å². The van der Waals surface area contributed by atoms with Crippen LogP contribution in [0.25, 0.3) is 0 Å². The van der Waals surface area contributed by atoms with Crippen LogP contribution >= 0.6 is 0 Å². The van der Waals surface area contributed by atoms with E-state index in [4.69, 9.17) is 0 Å². The number of pyridine rings is 2. The Bertz CT molecular complexity index is 644. The standard InChI is InChI=1S/C12H14N4O2S/c1-2-13-10-6-5-9-15-12(10)19(17,18)16-11-7-3-4-8-14-11/h3-9,13H,2H2,1H3,(H,14,16). The van der Waals surface area contributed by atoms with Crippen LogP contribution in [0.3, 0.4) is 0 Å². The van der Waals surface area contributed by atoms with Crippen molar-refractivity contribution in [3.05, 3.63) is 42.7 Å². The molecule has 0 saturated carbocycles. The monoisotopic (exact) mass is 278 g/mol. The minimum atomic E-state index is -3.75. The Morgan fingerprint density at radius 3 is 2.58 bits per heavy atom. The predicted molar refractivity (Wildman–Crippen MR) is 73.4 cm³/mol. The van der Waals surface area contributed by atoms with E-state index in [1.807, 2.05) is 6.92 Å². The Morgan fingerprint density at radius 2 is 1.89 bits per heavy atom. The van der Waals surface area contributed by atoms with E-state index in [2.05, 4.69) is 20.0 Å². The molecule has 0 aromatic carbocycles.